The molecule has 10 heteroatoms. The third-order valence-electron chi connectivity index (χ3n) is 7.68. The molecule has 3 atom stereocenters. The normalized spacial score (nSPS) is 26.4. The number of carbonyl (C=O) groups is 1. The van der Waals surface area contributed by atoms with Crippen LogP contribution in [0, 0.1) is 18.8 Å². The van der Waals surface area contributed by atoms with E-state index in [1.165, 1.54) is 9.21 Å². The molecule has 2 saturated carbocycles. The quantitative estimate of drug-likeness (QED) is 0.567. The summed E-state index contributed by atoms with van der Waals surface area (Å²) in [5.41, 5.74) is 1.61. The van der Waals surface area contributed by atoms with Crippen LogP contribution in [0.4, 0.5) is 8.78 Å². The predicted molar refractivity (Wildman–Crippen MR) is 129 cm³/mol. The lowest BCUT2D eigenvalue weighted by Gasteiger charge is -2.37. The first-order chi connectivity index (χ1) is 16.5. The highest BCUT2D eigenvalue weighted by molar-refractivity contribution is 7.89. The average molecular weight is 524 g/mol. The first-order valence-electron chi connectivity index (χ1n) is 11.9. The number of piperidine rings is 1. The number of hydrogen-bond acceptors (Lipinski definition) is 4. The van der Waals surface area contributed by atoms with Gasteiger partial charge in [-0.25, -0.2) is 17.2 Å². The van der Waals surface area contributed by atoms with Crippen molar-refractivity contribution in [3.63, 3.8) is 0 Å². The van der Waals surface area contributed by atoms with Crippen molar-refractivity contribution >= 4 is 27.5 Å². The van der Waals surface area contributed by atoms with E-state index in [9.17, 15) is 22.0 Å². The first kappa shape index (κ1) is 24.6. The largest absolute Gasteiger partial charge is 0.341 e. The molecule has 188 valence electrons. The molecular weight excluding hydrogens is 496 g/mol. The number of fused-ring (bicyclic) bond motifs is 1. The summed E-state index contributed by atoms with van der Waals surface area (Å²) >= 11 is 6.36. The van der Waals surface area contributed by atoms with Crippen LogP contribution in [0.1, 0.15) is 37.7 Å². The van der Waals surface area contributed by atoms with Gasteiger partial charge in [0.15, 0.2) is 0 Å². The molecule has 1 aliphatic heterocycles. The van der Waals surface area contributed by atoms with Crippen molar-refractivity contribution in [3.8, 4) is 11.3 Å². The van der Waals surface area contributed by atoms with Crippen LogP contribution in [-0.4, -0.2) is 60.1 Å². The molecule has 3 aliphatic rings. The van der Waals surface area contributed by atoms with Gasteiger partial charge in [0.25, 0.3) is 0 Å². The molecule has 1 aromatic heterocycles. The van der Waals surface area contributed by atoms with Crippen molar-refractivity contribution in [2.24, 2.45) is 11.8 Å². The number of likely N-dealkylation sites (N-methyl/N-ethyl adjacent to an activating group) is 1. The molecule has 2 heterocycles. The van der Waals surface area contributed by atoms with Crippen LogP contribution in [0.2, 0.25) is 5.02 Å². The molecule has 0 spiro atoms. The molecule has 5 rings (SSSR count). The fraction of sp³-hybridized carbons (Fsp3) is 0.520. The summed E-state index contributed by atoms with van der Waals surface area (Å²) < 4.78 is 56.6. The predicted octanol–water partition coefficient (Wildman–Crippen LogP) is 4.76. The monoisotopic (exact) mass is 523 g/mol. The van der Waals surface area contributed by atoms with Crippen molar-refractivity contribution in [2.75, 3.05) is 13.6 Å². The van der Waals surface area contributed by atoms with Crippen LogP contribution in [0.15, 0.2) is 41.4 Å². The molecule has 1 aromatic carbocycles. The van der Waals surface area contributed by atoms with Crippen molar-refractivity contribution in [2.45, 2.75) is 61.9 Å². The van der Waals surface area contributed by atoms with E-state index < -0.39 is 22.0 Å². The van der Waals surface area contributed by atoms with E-state index in [0.717, 1.165) is 12.0 Å². The lowest BCUT2D eigenvalue weighted by atomic mass is 9.91. The van der Waals surface area contributed by atoms with Gasteiger partial charge in [-0.15, -0.1) is 0 Å². The Kier molecular flexibility index (Phi) is 6.17. The maximum atomic E-state index is 14.0. The van der Waals surface area contributed by atoms with E-state index in [2.05, 4.69) is 4.98 Å². The van der Waals surface area contributed by atoms with Crippen LogP contribution >= 0.6 is 11.6 Å². The van der Waals surface area contributed by atoms with Crippen molar-refractivity contribution < 1.29 is 22.0 Å². The van der Waals surface area contributed by atoms with Crippen LogP contribution in [-0.2, 0) is 14.8 Å². The Bertz CT molecular complexity index is 1260. The minimum Gasteiger partial charge on any atom is -0.341 e. The second-order valence-electron chi connectivity index (χ2n) is 10.0. The van der Waals surface area contributed by atoms with Gasteiger partial charge >= 0.3 is 0 Å². The Hall–Kier alpha value is -2.10. The van der Waals surface area contributed by atoms with Crippen molar-refractivity contribution in [1.29, 1.82) is 0 Å². The smallest absolute Gasteiger partial charge is 0.248 e. The zero-order chi connectivity index (χ0) is 25.1. The fourth-order valence-electron chi connectivity index (χ4n) is 5.54. The van der Waals surface area contributed by atoms with Gasteiger partial charge in [0.1, 0.15) is 6.04 Å². The summed E-state index contributed by atoms with van der Waals surface area (Å²) in [4.78, 5) is 19.5. The SMILES string of the molecule is Cc1ccc(S(=O)(=O)N2C[C@@H]3C[C@@H]3[C@H]2C(=O)N(C)C2CCC(F)(F)CC2)c(-c2ncccc2Cl)c1. The van der Waals surface area contributed by atoms with E-state index >= 15 is 0 Å². The second kappa shape index (κ2) is 8.78. The van der Waals surface area contributed by atoms with E-state index in [0.29, 0.717) is 16.3 Å². The number of aromatic nitrogens is 1. The number of hydrogen-bond donors (Lipinski definition) is 0. The molecule has 35 heavy (non-hydrogen) atoms. The lowest BCUT2D eigenvalue weighted by molar-refractivity contribution is -0.138. The topological polar surface area (TPSA) is 70.6 Å². The number of alkyl halides is 2. The third-order valence-corrected chi connectivity index (χ3v) is 9.89. The Labute approximate surface area is 209 Å². The van der Waals surface area contributed by atoms with Crippen LogP contribution in [0.3, 0.4) is 0 Å². The van der Waals surface area contributed by atoms with Gasteiger partial charge in [0, 0.05) is 44.2 Å². The number of rotatable bonds is 5. The van der Waals surface area contributed by atoms with Gasteiger partial charge in [-0.05, 0) is 62.3 Å². The zero-order valence-electron chi connectivity index (χ0n) is 19.6. The molecule has 0 bridgehead atoms. The minimum absolute atomic E-state index is 0.0444. The number of aryl methyl sites for hydroxylation is 1. The molecule has 2 aliphatic carbocycles. The highest BCUT2D eigenvalue weighted by atomic mass is 35.5. The second-order valence-corrected chi connectivity index (χ2v) is 12.3. The summed E-state index contributed by atoms with van der Waals surface area (Å²) in [7, 11) is -2.45. The van der Waals surface area contributed by atoms with Crippen molar-refractivity contribution in [1.82, 2.24) is 14.2 Å². The van der Waals surface area contributed by atoms with Crippen LogP contribution < -0.4 is 0 Å². The van der Waals surface area contributed by atoms with Gasteiger partial charge in [-0.3, -0.25) is 9.78 Å². The van der Waals surface area contributed by atoms with Crippen LogP contribution in [0.5, 0.6) is 0 Å². The molecule has 1 amide bonds. The molecular formula is C25H28ClF2N3O3S. The van der Waals surface area contributed by atoms with E-state index in [1.54, 1.807) is 43.6 Å². The Morgan fingerprint density at radius 2 is 1.94 bits per heavy atom. The van der Waals surface area contributed by atoms with Gasteiger partial charge in [-0.2, -0.15) is 4.31 Å². The number of sulfonamides is 1. The van der Waals surface area contributed by atoms with Gasteiger partial charge < -0.3 is 4.90 Å². The molecule has 2 aromatic rings. The van der Waals surface area contributed by atoms with Gasteiger partial charge in [-0.1, -0.05) is 23.2 Å². The average Bonchev–Trinajstić information content (AvgIpc) is 3.47. The number of nitrogens with zero attached hydrogens (tertiary/aromatic N) is 3. The zero-order valence-corrected chi connectivity index (χ0v) is 21.2. The minimum atomic E-state index is -4.06. The molecule has 0 radical (unpaired) electrons. The Morgan fingerprint density at radius 3 is 2.63 bits per heavy atom. The maximum Gasteiger partial charge on any atom is 0.248 e. The fourth-order valence-corrected chi connectivity index (χ4v) is 7.63. The summed E-state index contributed by atoms with van der Waals surface area (Å²) in [5, 5.41) is 0.334. The highest BCUT2D eigenvalue weighted by Gasteiger charge is 2.60. The van der Waals surface area contributed by atoms with E-state index in [-0.39, 0.29) is 60.9 Å². The summed E-state index contributed by atoms with van der Waals surface area (Å²) in [5.74, 6) is -2.91. The summed E-state index contributed by atoms with van der Waals surface area (Å²) in [6, 6.07) is 7.19. The number of pyridine rings is 1. The molecule has 3 fully saturated rings. The highest BCUT2D eigenvalue weighted by Crippen LogP contribution is 2.52. The molecule has 0 N–H and O–H groups in total. The Balaban J connectivity index is 1.47. The summed E-state index contributed by atoms with van der Waals surface area (Å²) in [6.45, 7) is 2.13. The summed E-state index contributed by atoms with van der Waals surface area (Å²) in [6.07, 6.45) is 2.26. The first-order valence-corrected chi connectivity index (χ1v) is 13.7. The Morgan fingerprint density at radius 1 is 1.23 bits per heavy atom. The number of halogens is 3. The standard InChI is InChI=1S/C25H28ClF2N3O3S/c1-15-5-6-21(19(12-15)22-20(26)4-3-11-29-22)35(33,34)31-14-16-13-18(16)23(31)24(32)30(2)17-7-9-25(27,28)10-8-17/h3-6,11-12,16-18,23H,7-10,13-14H2,1-2H3/t16-,18-,23-/m0/s1. The third kappa shape index (κ3) is 4.47. The number of amides is 1. The van der Waals surface area contributed by atoms with E-state index in [1.807, 2.05) is 6.92 Å². The molecule has 0 unspecified atom stereocenters. The van der Waals surface area contributed by atoms with Gasteiger partial charge in [0.05, 0.1) is 15.6 Å². The molecule has 1 saturated heterocycles. The number of benzene rings is 1. The van der Waals surface area contributed by atoms with Crippen molar-refractivity contribution in [3.05, 3.63) is 47.1 Å². The maximum absolute atomic E-state index is 14.0. The number of carbonyl (C=O) groups excluding carboxylic acids is 1. The molecule has 6 nitrogen and oxygen atoms in total. The van der Waals surface area contributed by atoms with E-state index in [4.69, 9.17) is 11.6 Å². The lowest BCUT2D eigenvalue weighted by Crippen LogP contribution is -2.52. The van der Waals surface area contributed by atoms with Crippen LogP contribution in [0.25, 0.3) is 11.3 Å². The van der Waals surface area contributed by atoms with Gasteiger partial charge in [0.2, 0.25) is 21.9 Å².